The van der Waals surface area contributed by atoms with Crippen LogP contribution in [0.2, 0.25) is 0 Å². The molecule has 0 N–H and O–H groups in total. The fourth-order valence-corrected chi connectivity index (χ4v) is 2.00. The molecule has 8 nitrogen and oxygen atoms in total. The Balaban J connectivity index is 2.22. The smallest absolute Gasteiger partial charge is 0.143 e. The molecule has 8 heteroatoms. The summed E-state index contributed by atoms with van der Waals surface area (Å²) in [7, 11) is 2.96. The van der Waals surface area contributed by atoms with Crippen LogP contribution in [-0.4, -0.2) is 36.5 Å². The monoisotopic (exact) mass is 344 g/mol. The van der Waals surface area contributed by atoms with Crippen molar-refractivity contribution in [3.63, 3.8) is 0 Å². The van der Waals surface area contributed by atoms with Crippen LogP contribution in [0.5, 0.6) is 0 Å². The lowest BCUT2D eigenvalue weighted by molar-refractivity contribution is 0.130. The zero-order chi connectivity index (χ0) is 18.1. The fourth-order valence-electron chi connectivity index (χ4n) is 2.00. The van der Waals surface area contributed by atoms with Crippen molar-refractivity contribution in [1.29, 1.82) is 0 Å². The van der Waals surface area contributed by atoms with Gasteiger partial charge in [0.25, 0.3) is 0 Å². The maximum atomic E-state index is 5.45. The maximum absolute atomic E-state index is 5.45. The van der Waals surface area contributed by atoms with Crippen LogP contribution in [0.4, 0.5) is 0 Å². The van der Waals surface area contributed by atoms with Gasteiger partial charge in [-0.2, -0.15) is 0 Å². The van der Waals surface area contributed by atoms with E-state index in [4.69, 9.17) is 19.0 Å². The summed E-state index contributed by atoms with van der Waals surface area (Å²) in [4.78, 5) is 15.1. The average Bonchev–Trinajstić information content (AvgIpc) is 3.14. The van der Waals surface area contributed by atoms with Crippen molar-refractivity contribution in [2.75, 3.05) is 14.2 Å². The maximum Gasteiger partial charge on any atom is 0.143 e. The standard InChI is InChI=1S/C17H20N4O4/c1-12(18-22-3)13(2)19-25-11-14-7-5-6-8-15(14)17(21-23-4)16-9-10-24-20-16/h5-10H,11H2,1-4H3/b18-12+,19-13+,21-17+. The summed E-state index contributed by atoms with van der Waals surface area (Å²) in [6.45, 7) is 3.82. The van der Waals surface area contributed by atoms with E-state index in [1.807, 2.05) is 24.3 Å². The molecule has 0 fully saturated rings. The summed E-state index contributed by atoms with van der Waals surface area (Å²) < 4.78 is 4.90. The van der Waals surface area contributed by atoms with Crippen LogP contribution in [0.1, 0.15) is 30.7 Å². The SMILES string of the molecule is CO/N=C(C)/C(C)=N/OCc1ccccc1/C(=N\OC)c1ccon1. The second-order valence-electron chi connectivity index (χ2n) is 4.97. The van der Waals surface area contributed by atoms with Crippen molar-refractivity contribution in [2.45, 2.75) is 20.5 Å². The normalized spacial score (nSPS) is 12.9. The summed E-state index contributed by atoms with van der Waals surface area (Å²) in [6.07, 6.45) is 1.48. The first-order valence-corrected chi connectivity index (χ1v) is 7.52. The Morgan fingerprint density at radius 1 is 1.00 bits per heavy atom. The third kappa shape index (κ3) is 4.90. The van der Waals surface area contributed by atoms with Crippen LogP contribution in [0.15, 0.2) is 56.6 Å². The molecular weight excluding hydrogens is 324 g/mol. The van der Waals surface area contributed by atoms with Crippen LogP contribution in [0.3, 0.4) is 0 Å². The van der Waals surface area contributed by atoms with Gasteiger partial charge in [0.2, 0.25) is 0 Å². The van der Waals surface area contributed by atoms with E-state index in [0.29, 0.717) is 22.8 Å². The first kappa shape index (κ1) is 18.2. The first-order valence-electron chi connectivity index (χ1n) is 7.52. The lowest BCUT2D eigenvalue weighted by Crippen LogP contribution is -2.10. The lowest BCUT2D eigenvalue weighted by atomic mass is 10.0. The molecule has 0 unspecified atom stereocenters. The molecule has 2 rings (SSSR count). The molecule has 0 atom stereocenters. The van der Waals surface area contributed by atoms with Gasteiger partial charge < -0.3 is 19.0 Å². The van der Waals surface area contributed by atoms with E-state index in [1.54, 1.807) is 19.9 Å². The predicted molar refractivity (Wildman–Crippen MR) is 93.6 cm³/mol. The second-order valence-corrected chi connectivity index (χ2v) is 4.97. The largest absolute Gasteiger partial charge is 0.399 e. The highest BCUT2D eigenvalue weighted by Crippen LogP contribution is 2.16. The minimum Gasteiger partial charge on any atom is -0.399 e. The quantitative estimate of drug-likeness (QED) is 0.542. The number of oxime groups is 3. The van der Waals surface area contributed by atoms with Gasteiger partial charge in [-0.25, -0.2) is 0 Å². The topological polar surface area (TPSA) is 90.8 Å². The Bertz CT molecular complexity index is 767. The van der Waals surface area contributed by atoms with Gasteiger partial charge in [0.1, 0.15) is 49.9 Å². The van der Waals surface area contributed by atoms with Crippen molar-refractivity contribution >= 4 is 17.1 Å². The Morgan fingerprint density at radius 2 is 1.72 bits per heavy atom. The van der Waals surface area contributed by atoms with Gasteiger partial charge in [-0.15, -0.1) is 0 Å². The van der Waals surface area contributed by atoms with E-state index in [2.05, 4.69) is 20.6 Å². The summed E-state index contributed by atoms with van der Waals surface area (Å²) in [5, 5.41) is 15.8. The third-order valence-corrected chi connectivity index (χ3v) is 3.31. The molecule has 2 aromatic rings. The molecule has 0 saturated heterocycles. The Hall–Kier alpha value is -3.16. The zero-order valence-electron chi connectivity index (χ0n) is 14.6. The molecular formula is C17H20N4O4. The minimum absolute atomic E-state index is 0.244. The predicted octanol–water partition coefficient (Wildman–Crippen LogP) is 2.99. The van der Waals surface area contributed by atoms with Gasteiger partial charge in [0.05, 0.1) is 0 Å². The van der Waals surface area contributed by atoms with Gasteiger partial charge in [-0.3, -0.25) is 0 Å². The van der Waals surface area contributed by atoms with Gasteiger partial charge >= 0.3 is 0 Å². The highest BCUT2D eigenvalue weighted by molar-refractivity contribution is 6.40. The average molecular weight is 344 g/mol. The Labute approximate surface area is 145 Å². The van der Waals surface area contributed by atoms with Crippen molar-refractivity contribution in [1.82, 2.24) is 5.16 Å². The van der Waals surface area contributed by atoms with Crippen molar-refractivity contribution in [3.05, 3.63) is 53.4 Å². The van der Waals surface area contributed by atoms with Crippen molar-refractivity contribution in [3.8, 4) is 0 Å². The number of benzene rings is 1. The number of hydrogen-bond acceptors (Lipinski definition) is 8. The number of aromatic nitrogens is 1. The fraction of sp³-hybridized carbons (Fsp3) is 0.294. The van der Waals surface area contributed by atoms with E-state index in [0.717, 1.165) is 11.1 Å². The van der Waals surface area contributed by atoms with Crippen LogP contribution >= 0.6 is 0 Å². The van der Waals surface area contributed by atoms with E-state index in [1.165, 1.54) is 20.5 Å². The molecule has 0 spiro atoms. The molecule has 25 heavy (non-hydrogen) atoms. The molecule has 0 radical (unpaired) electrons. The van der Waals surface area contributed by atoms with Crippen LogP contribution < -0.4 is 0 Å². The molecule has 1 aromatic carbocycles. The minimum atomic E-state index is 0.244. The number of rotatable bonds is 8. The molecule has 0 saturated carbocycles. The van der Waals surface area contributed by atoms with Crippen molar-refractivity contribution < 1.29 is 19.0 Å². The lowest BCUT2D eigenvalue weighted by Gasteiger charge is -2.09. The van der Waals surface area contributed by atoms with Crippen LogP contribution in [0.25, 0.3) is 0 Å². The van der Waals surface area contributed by atoms with E-state index in [-0.39, 0.29) is 6.61 Å². The number of nitrogens with zero attached hydrogens (tertiary/aromatic N) is 4. The molecule has 0 amide bonds. The van der Waals surface area contributed by atoms with E-state index < -0.39 is 0 Å². The first-order chi connectivity index (χ1) is 12.2. The molecule has 0 aliphatic carbocycles. The highest BCUT2D eigenvalue weighted by atomic mass is 16.6. The summed E-state index contributed by atoms with van der Waals surface area (Å²) in [5.74, 6) is 0. The molecule has 0 aliphatic rings. The molecule has 0 bridgehead atoms. The Morgan fingerprint density at radius 3 is 2.40 bits per heavy atom. The molecule has 132 valence electrons. The van der Waals surface area contributed by atoms with Crippen LogP contribution in [-0.2, 0) is 21.1 Å². The molecule has 1 heterocycles. The zero-order valence-corrected chi connectivity index (χ0v) is 14.6. The van der Waals surface area contributed by atoms with E-state index in [9.17, 15) is 0 Å². The van der Waals surface area contributed by atoms with Crippen LogP contribution in [0, 0.1) is 0 Å². The summed E-state index contributed by atoms with van der Waals surface area (Å²) in [6, 6.07) is 9.33. The van der Waals surface area contributed by atoms with E-state index >= 15 is 0 Å². The van der Waals surface area contributed by atoms with Gasteiger partial charge in [0, 0.05) is 17.2 Å². The van der Waals surface area contributed by atoms with Crippen molar-refractivity contribution in [2.24, 2.45) is 15.5 Å². The van der Waals surface area contributed by atoms with Gasteiger partial charge in [0.15, 0.2) is 0 Å². The Kier molecular flexibility index (Phi) is 6.70. The number of hydrogen-bond donors (Lipinski definition) is 0. The van der Waals surface area contributed by atoms with Gasteiger partial charge in [-0.05, 0) is 13.8 Å². The molecule has 1 aromatic heterocycles. The highest BCUT2D eigenvalue weighted by Gasteiger charge is 2.15. The molecule has 0 aliphatic heterocycles. The summed E-state index contributed by atoms with van der Waals surface area (Å²) >= 11 is 0. The van der Waals surface area contributed by atoms with Gasteiger partial charge in [-0.1, -0.05) is 44.9 Å². The second kappa shape index (κ2) is 9.21. The third-order valence-electron chi connectivity index (χ3n) is 3.31. The summed E-state index contributed by atoms with van der Waals surface area (Å²) in [5.41, 5.74) is 4.07.